The highest BCUT2D eigenvalue weighted by molar-refractivity contribution is 6.40. The highest BCUT2D eigenvalue weighted by Gasteiger charge is 2.33. The van der Waals surface area contributed by atoms with E-state index >= 15 is 0 Å². The van der Waals surface area contributed by atoms with Crippen LogP contribution >= 0.6 is 0 Å². The van der Waals surface area contributed by atoms with Gasteiger partial charge in [-0.15, -0.1) is 0 Å². The molecule has 0 N–H and O–H groups in total. The monoisotopic (exact) mass is 312 g/mol. The molecule has 1 aromatic carbocycles. The molecular weight excluding hydrogens is 280 g/mol. The van der Waals surface area contributed by atoms with Gasteiger partial charge in [0.15, 0.2) is 0 Å². The molecule has 0 nitrogen and oxygen atoms in total. The zero-order valence-electron chi connectivity index (χ0n) is 15.7. The molecule has 120 valence electrons. The van der Waals surface area contributed by atoms with E-state index in [4.69, 9.17) is 0 Å². The smallest absolute Gasteiger partial charge is 0.0324 e. The highest BCUT2D eigenvalue weighted by Crippen LogP contribution is 2.45. The van der Waals surface area contributed by atoms with E-state index in [1.807, 2.05) is 0 Å². The summed E-state index contributed by atoms with van der Waals surface area (Å²) in [6.45, 7) is 18.6. The first-order valence-electron chi connectivity index (χ1n) is 8.65. The predicted molar refractivity (Wildman–Crippen MR) is 103 cm³/mol. The van der Waals surface area contributed by atoms with Crippen molar-refractivity contribution in [2.75, 3.05) is 0 Å². The molecule has 0 aromatic heterocycles. The summed E-state index contributed by atoms with van der Waals surface area (Å²) >= 11 is 0. The second-order valence-corrected chi connectivity index (χ2v) is 10.7. The van der Waals surface area contributed by atoms with E-state index in [2.05, 4.69) is 73.6 Å². The first kappa shape index (κ1) is 17.3. The zero-order valence-corrected chi connectivity index (χ0v) is 17.1. The molecule has 0 aliphatic heterocycles. The summed E-state index contributed by atoms with van der Waals surface area (Å²) in [5, 5.41) is 0. The van der Waals surface area contributed by atoms with Crippen LogP contribution in [-0.4, -0.2) is 9.52 Å². The van der Waals surface area contributed by atoms with Crippen LogP contribution < -0.4 is 0 Å². The topological polar surface area (TPSA) is 0 Å². The minimum Gasteiger partial charge on any atom is -0.0657 e. The molecule has 0 saturated heterocycles. The molecule has 0 bridgehead atoms. The number of benzene rings is 1. The molecule has 0 spiro atoms. The van der Waals surface area contributed by atoms with Gasteiger partial charge in [0.2, 0.25) is 0 Å². The molecule has 0 radical (unpaired) electrons. The fourth-order valence-corrected chi connectivity index (χ4v) is 6.69. The molecule has 22 heavy (non-hydrogen) atoms. The van der Waals surface area contributed by atoms with E-state index in [9.17, 15) is 0 Å². The summed E-state index contributed by atoms with van der Waals surface area (Å²) in [5.41, 5.74) is 12.3. The Morgan fingerprint density at radius 3 is 1.64 bits per heavy atom. The van der Waals surface area contributed by atoms with Crippen molar-refractivity contribution in [1.29, 1.82) is 0 Å². The molecule has 0 saturated carbocycles. The second kappa shape index (κ2) is 6.58. The lowest BCUT2D eigenvalue weighted by molar-refractivity contribution is 0.676. The van der Waals surface area contributed by atoms with Gasteiger partial charge in [0, 0.05) is 15.4 Å². The Labute approximate surface area is 139 Å². The number of aryl methyl sites for hydroxylation is 2. The SMILES string of the molecule is CC1=C(C)C(C([SiH2]C(C)C)c2cc(C)cc(C)c2)C(C)=C1C. The van der Waals surface area contributed by atoms with E-state index in [0.717, 1.165) is 11.1 Å². The number of hydrogen-bond donors (Lipinski definition) is 0. The number of rotatable bonds is 4. The standard InChI is InChI=1S/C21H32Si/c1-12(2)22-21(19-10-13(3)9-14(4)11-19)20-17(7)15(5)16(6)18(20)8/h9-12,20-21H,22H2,1-8H3. The maximum absolute atomic E-state index is 2.44. The molecule has 1 aromatic rings. The Bertz CT molecular complexity index is 587. The summed E-state index contributed by atoms with van der Waals surface area (Å²) < 4.78 is 0. The van der Waals surface area contributed by atoms with Crippen LogP contribution in [0, 0.1) is 19.8 Å². The van der Waals surface area contributed by atoms with Crippen molar-refractivity contribution in [2.45, 2.75) is 66.5 Å². The average molecular weight is 313 g/mol. The molecule has 0 heterocycles. The Hall–Kier alpha value is -1.08. The van der Waals surface area contributed by atoms with Crippen molar-refractivity contribution >= 4 is 9.52 Å². The molecule has 2 rings (SSSR count). The first-order valence-corrected chi connectivity index (χ1v) is 10.3. The lowest BCUT2D eigenvalue weighted by Gasteiger charge is -2.29. The van der Waals surface area contributed by atoms with Crippen LogP contribution in [0.15, 0.2) is 40.5 Å². The summed E-state index contributed by atoms with van der Waals surface area (Å²) in [5.74, 6) is 0.648. The molecule has 1 aliphatic carbocycles. The molecular formula is C21H32Si. The van der Waals surface area contributed by atoms with Gasteiger partial charge in [0.25, 0.3) is 0 Å². The minimum atomic E-state index is -0.177. The number of allylic oxidation sites excluding steroid dienone is 4. The van der Waals surface area contributed by atoms with Crippen molar-refractivity contribution in [2.24, 2.45) is 5.92 Å². The maximum Gasteiger partial charge on any atom is 0.0324 e. The van der Waals surface area contributed by atoms with Crippen molar-refractivity contribution in [3.05, 3.63) is 57.2 Å². The molecule has 1 heteroatoms. The van der Waals surface area contributed by atoms with Crippen LogP contribution in [0.25, 0.3) is 0 Å². The van der Waals surface area contributed by atoms with Crippen LogP contribution in [0.3, 0.4) is 0 Å². The third-order valence-electron chi connectivity index (χ3n) is 5.48. The van der Waals surface area contributed by atoms with Gasteiger partial charge in [0.05, 0.1) is 0 Å². The van der Waals surface area contributed by atoms with Crippen molar-refractivity contribution in [3.8, 4) is 0 Å². The van der Waals surface area contributed by atoms with Crippen LogP contribution in [-0.2, 0) is 0 Å². The predicted octanol–water partition coefficient (Wildman–Crippen LogP) is 5.64. The van der Waals surface area contributed by atoms with Gasteiger partial charge in [-0.3, -0.25) is 0 Å². The lowest BCUT2D eigenvalue weighted by atomic mass is 9.88. The molecule has 1 unspecified atom stereocenters. The van der Waals surface area contributed by atoms with Gasteiger partial charge in [-0.25, -0.2) is 0 Å². The fourth-order valence-electron chi connectivity index (χ4n) is 4.18. The Morgan fingerprint density at radius 1 is 0.773 bits per heavy atom. The van der Waals surface area contributed by atoms with Crippen LogP contribution in [0.5, 0.6) is 0 Å². The largest absolute Gasteiger partial charge is 0.0657 e. The Morgan fingerprint density at radius 2 is 1.23 bits per heavy atom. The number of hydrogen-bond acceptors (Lipinski definition) is 0. The molecule has 1 atom stereocenters. The minimum absolute atomic E-state index is 0.177. The Kier molecular flexibility index (Phi) is 5.16. The third-order valence-corrected chi connectivity index (χ3v) is 7.87. The van der Waals surface area contributed by atoms with Gasteiger partial charge in [0.1, 0.15) is 0 Å². The Balaban J connectivity index is 2.52. The van der Waals surface area contributed by atoms with Crippen LogP contribution in [0.4, 0.5) is 0 Å². The van der Waals surface area contributed by atoms with E-state index in [0.29, 0.717) is 5.92 Å². The second-order valence-electron chi connectivity index (χ2n) is 7.75. The van der Waals surface area contributed by atoms with Gasteiger partial charge in [-0.05, 0) is 63.8 Å². The fraction of sp³-hybridized carbons (Fsp3) is 0.524. The highest BCUT2D eigenvalue weighted by atomic mass is 28.2. The van der Waals surface area contributed by atoms with Crippen molar-refractivity contribution < 1.29 is 0 Å². The quantitative estimate of drug-likeness (QED) is 0.631. The van der Waals surface area contributed by atoms with Crippen LogP contribution in [0.2, 0.25) is 5.54 Å². The van der Waals surface area contributed by atoms with Crippen LogP contribution in [0.1, 0.15) is 63.8 Å². The summed E-state index contributed by atoms with van der Waals surface area (Å²) in [4.78, 5) is 0. The lowest BCUT2D eigenvalue weighted by Crippen LogP contribution is -2.22. The third kappa shape index (κ3) is 3.30. The van der Waals surface area contributed by atoms with Gasteiger partial charge < -0.3 is 0 Å². The zero-order chi connectivity index (χ0) is 16.6. The van der Waals surface area contributed by atoms with Crippen molar-refractivity contribution in [1.82, 2.24) is 0 Å². The average Bonchev–Trinajstić information content (AvgIpc) is 2.59. The van der Waals surface area contributed by atoms with E-state index in [1.165, 1.54) is 22.3 Å². The van der Waals surface area contributed by atoms with Crippen molar-refractivity contribution in [3.63, 3.8) is 0 Å². The van der Waals surface area contributed by atoms with E-state index in [-0.39, 0.29) is 9.52 Å². The van der Waals surface area contributed by atoms with Gasteiger partial charge >= 0.3 is 0 Å². The molecule has 1 aliphatic rings. The van der Waals surface area contributed by atoms with Gasteiger partial charge in [-0.1, -0.05) is 59.9 Å². The maximum atomic E-state index is 2.44. The van der Waals surface area contributed by atoms with Gasteiger partial charge in [-0.2, -0.15) is 0 Å². The van der Waals surface area contributed by atoms with E-state index in [1.54, 1.807) is 16.7 Å². The summed E-state index contributed by atoms with van der Waals surface area (Å²) in [7, 11) is -0.177. The first-order chi connectivity index (χ1) is 10.2. The molecule has 0 fully saturated rings. The normalized spacial score (nSPS) is 18.4. The summed E-state index contributed by atoms with van der Waals surface area (Å²) in [6.07, 6.45) is 0. The summed E-state index contributed by atoms with van der Waals surface area (Å²) in [6, 6.07) is 7.18. The van der Waals surface area contributed by atoms with E-state index < -0.39 is 0 Å². The molecule has 0 amide bonds.